The van der Waals surface area contributed by atoms with E-state index in [1.165, 1.54) is 18.5 Å². The van der Waals surface area contributed by atoms with E-state index in [1.54, 1.807) is 0 Å². The minimum absolute atomic E-state index is 0.0480. The molecule has 8 nitrogen and oxygen atoms in total. The number of amides is 1. The van der Waals surface area contributed by atoms with E-state index >= 15 is 0 Å². The Balaban J connectivity index is 1.71. The van der Waals surface area contributed by atoms with E-state index in [2.05, 4.69) is 26.3 Å². The number of carbonyl (C=O) groups is 1. The van der Waals surface area contributed by atoms with Crippen LogP contribution in [0.15, 0.2) is 59.4 Å². The third-order valence-electron chi connectivity index (χ3n) is 5.57. The number of hydrogen-bond donors (Lipinski definition) is 3. The van der Waals surface area contributed by atoms with Gasteiger partial charge in [0, 0.05) is 43.1 Å². The van der Waals surface area contributed by atoms with Crippen molar-refractivity contribution in [2.75, 3.05) is 13.1 Å². The summed E-state index contributed by atoms with van der Waals surface area (Å²) in [4.78, 5) is 21.8. The number of primary amides is 1. The highest BCUT2D eigenvalue weighted by molar-refractivity contribution is 6.30. The zero-order valence-corrected chi connectivity index (χ0v) is 18.7. The average Bonchev–Trinajstić information content (AvgIpc) is 2.77. The van der Waals surface area contributed by atoms with Crippen LogP contribution in [-0.2, 0) is 11.3 Å². The number of carbonyl (C=O) groups excluding carboxylic acids is 1. The lowest BCUT2D eigenvalue weighted by atomic mass is 9.84. The second-order valence-corrected chi connectivity index (χ2v) is 8.35. The Morgan fingerprint density at radius 1 is 1.30 bits per heavy atom. The first kappa shape index (κ1) is 24.2. The Morgan fingerprint density at radius 3 is 2.61 bits per heavy atom. The minimum atomic E-state index is -0.787. The number of piperidine rings is 1. The molecule has 1 saturated heterocycles. The Morgan fingerprint density at radius 2 is 2.00 bits per heavy atom. The molecule has 2 aromatic rings. The second-order valence-electron chi connectivity index (χ2n) is 7.92. The van der Waals surface area contributed by atoms with Crippen LogP contribution in [0.3, 0.4) is 0 Å². The van der Waals surface area contributed by atoms with Gasteiger partial charge in [0.1, 0.15) is 5.84 Å². The van der Waals surface area contributed by atoms with Crippen molar-refractivity contribution in [1.82, 2.24) is 15.2 Å². The largest absolute Gasteiger partial charge is 0.384 e. The number of aromatic nitrogens is 1. The number of amidine groups is 1. The molecule has 0 radical (unpaired) electrons. The highest BCUT2D eigenvalue weighted by atomic mass is 35.5. The number of nitrogens with two attached hydrogens (primary N) is 2. The standard InChI is InChI=1S/C23H25ClFN7O/c24-17-3-1-16(2-4-17)15-32-11-7-23(6-9-26,8-12-32)30-14-19(22(28)33)21(27)31-18-5-10-29-20(25)13-18/h1-5,10,13-14,30H,6-8,11-12,15H2,(H2,28,33)(H2,27,29,31)/b19-14+. The summed E-state index contributed by atoms with van der Waals surface area (Å²) < 4.78 is 13.3. The van der Waals surface area contributed by atoms with Gasteiger partial charge in [-0.15, -0.1) is 0 Å². The lowest BCUT2D eigenvalue weighted by Crippen LogP contribution is -2.51. The second kappa shape index (κ2) is 10.9. The van der Waals surface area contributed by atoms with Crippen LogP contribution < -0.4 is 16.8 Å². The summed E-state index contributed by atoms with van der Waals surface area (Å²) in [6.45, 7) is 2.30. The molecule has 172 valence electrons. The van der Waals surface area contributed by atoms with Gasteiger partial charge in [0.25, 0.3) is 5.91 Å². The molecule has 10 heteroatoms. The van der Waals surface area contributed by atoms with E-state index < -0.39 is 17.4 Å². The maximum atomic E-state index is 13.3. The number of likely N-dealkylation sites (tertiary alicyclic amines) is 1. The fraction of sp³-hybridized carbons (Fsp3) is 0.304. The summed E-state index contributed by atoms with van der Waals surface area (Å²) >= 11 is 5.96. The maximum absolute atomic E-state index is 13.3. The van der Waals surface area contributed by atoms with Crippen molar-refractivity contribution in [3.8, 4) is 6.07 Å². The lowest BCUT2D eigenvalue weighted by molar-refractivity contribution is -0.114. The van der Waals surface area contributed by atoms with Crippen LogP contribution in [-0.4, -0.2) is 40.3 Å². The molecule has 5 N–H and O–H groups in total. The molecular formula is C23H25ClFN7O. The van der Waals surface area contributed by atoms with Gasteiger partial charge in [-0.25, -0.2) is 9.98 Å². The monoisotopic (exact) mass is 469 g/mol. The number of rotatable bonds is 8. The molecule has 0 bridgehead atoms. The van der Waals surface area contributed by atoms with Gasteiger partial charge in [-0.3, -0.25) is 9.69 Å². The highest BCUT2D eigenvalue weighted by Gasteiger charge is 2.34. The SMILES string of the molecule is N#CCC1(N/C=C(/C(N)=O)C(N)=Nc2ccnc(F)c2)CCN(Cc2ccc(Cl)cc2)CC1. The molecule has 1 aliphatic rings. The van der Waals surface area contributed by atoms with Gasteiger partial charge in [-0.2, -0.15) is 9.65 Å². The number of aliphatic imine (C=N–C) groups is 1. The van der Waals surface area contributed by atoms with E-state index in [0.717, 1.165) is 31.3 Å². The molecule has 1 fully saturated rings. The van der Waals surface area contributed by atoms with Crippen LogP contribution in [0, 0.1) is 17.3 Å². The number of halogens is 2. The molecule has 1 aliphatic heterocycles. The fourth-order valence-corrected chi connectivity index (χ4v) is 3.79. The Bertz CT molecular complexity index is 1090. The summed E-state index contributed by atoms with van der Waals surface area (Å²) in [5, 5.41) is 13.3. The van der Waals surface area contributed by atoms with Gasteiger partial charge in [-0.05, 0) is 36.6 Å². The number of benzene rings is 1. The van der Waals surface area contributed by atoms with E-state index in [-0.39, 0.29) is 23.5 Å². The Hall–Kier alpha value is -3.48. The van der Waals surface area contributed by atoms with Crippen molar-refractivity contribution in [3.63, 3.8) is 0 Å². The topological polar surface area (TPSA) is 133 Å². The van der Waals surface area contributed by atoms with Crippen LogP contribution in [0.1, 0.15) is 24.8 Å². The van der Waals surface area contributed by atoms with Crippen molar-refractivity contribution >= 4 is 29.0 Å². The van der Waals surface area contributed by atoms with E-state index in [0.29, 0.717) is 17.9 Å². The summed E-state index contributed by atoms with van der Waals surface area (Å²) in [7, 11) is 0. The molecule has 0 aliphatic carbocycles. The highest BCUT2D eigenvalue weighted by Crippen LogP contribution is 2.27. The lowest BCUT2D eigenvalue weighted by Gasteiger charge is -2.41. The molecule has 0 atom stereocenters. The molecule has 33 heavy (non-hydrogen) atoms. The van der Waals surface area contributed by atoms with Crippen molar-refractivity contribution in [2.45, 2.75) is 31.3 Å². The minimum Gasteiger partial charge on any atom is -0.384 e. The average molecular weight is 470 g/mol. The number of pyridine rings is 1. The molecular weight excluding hydrogens is 445 g/mol. The summed E-state index contributed by atoms with van der Waals surface area (Å²) in [5.41, 5.74) is 12.2. The Kier molecular flexibility index (Phi) is 7.98. The Labute approximate surface area is 196 Å². The number of hydrogen-bond acceptors (Lipinski definition) is 6. The maximum Gasteiger partial charge on any atom is 0.253 e. The first-order chi connectivity index (χ1) is 15.8. The third-order valence-corrected chi connectivity index (χ3v) is 5.83. The zero-order chi connectivity index (χ0) is 23.8. The molecule has 3 rings (SSSR count). The van der Waals surface area contributed by atoms with Gasteiger partial charge in [0.05, 0.1) is 29.3 Å². The van der Waals surface area contributed by atoms with Gasteiger partial charge in [0.15, 0.2) is 0 Å². The molecule has 0 spiro atoms. The number of nitriles is 1. The predicted molar refractivity (Wildman–Crippen MR) is 125 cm³/mol. The van der Waals surface area contributed by atoms with Crippen LogP contribution >= 0.6 is 11.6 Å². The normalized spacial score (nSPS) is 16.8. The van der Waals surface area contributed by atoms with E-state index in [9.17, 15) is 14.4 Å². The first-order valence-electron chi connectivity index (χ1n) is 10.4. The van der Waals surface area contributed by atoms with Crippen molar-refractivity contribution < 1.29 is 9.18 Å². The number of nitrogens with zero attached hydrogens (tertiary/aromatic N) is 4. The van der Waals surface area contributed by atoms with Crippen molar-refractivity contribution in [1.29, 1.82) is 5.26 Å². The van der Waals surface area contributed by atoms with E-state index in [1.807, 2.05) is 24.3 Å². The zero-order valence-electron chi connectivity index (χ0n) is 18.0. The number of nitrogens with one attached hydrogen (secondary N) is 1. The molecule has 1 aromatic heterocycles. The molecule has 0 saturated carbocycles. The van der Waals surface area contributed by atoms with Crippen LogP contribution in [0.2, 0.25) is 5.02 Å². The molecule has 0 unspecified atom stereocenters. The quantitative estimate of drug-likeness (QED) is 0.235. The first-order valence-corrected chi connectivity index (χ1v) is 10.8. The molecule has 1 amide bonds. The summed E-state index contributed by atoms with van der Waals surface area (Å²) in [6, 6.07) is 12.5. The van der Waals surface area contributed by atoms with Crippen LogP contribution in [0.25, 0.3) is 0 Å². The van der Waals surface area contributed by atoms with Crippen molar-refractivity contribution in [2.24, 2.45) is 16.5 Å². The van der Waals surface area contributed by atoms with Crippen LogP contribution in [0.5, 0.6) is 0 Å². The molecule has 2 heterocycles. The molecule has 1 aromatic carbocycles. The summed E-state index contributed by atoms with van der Waals surface area (Å²) in [5.74, 6) is -1.66. The van der Waals surface area contributed by atoms with Gasteiger partial charge < -0.3 is 16.8 Å². The van der Waals surface area contributed by atoms with Gasteiger partial charge in [-0.1, -0.05) is 23.7 Å². The van der Waals surface area contributed by atoms with Crippen LogP contribution in [0.4, 0.5) is 10.1 Å². The van der Waals surface area contributed by atoms with E-state index in [4.69, 9.17) is 23.1 Å². The predicted octanol–water partition coefficient (Wildman–Crippen LogP) is 2.77. The summed E-state index contributed by atoms with van der Waals surface area (Å²) in [6.07, 6.45) is 4.27. The van der Waals surface area contributed by atoms with Gasteiger partial charge >= 0.3 is 0 Å². The van der Waals surface area contributed by atoms with Crippen molar-refractivity contribution in [3.05, 3.63) is 70.9 Å². The van der Waals surface area contributed by atoms with Gasteiger partial charge in [0.2, 0.25) is 5.95 Å². The fourth-order valence-electron chi connectivity index (χ4n) is 3.67. The third kappa shape index (κ3) is 6.75. The smallest absolute Gasteiger partial charge is 0.253 e.